The maximum Gasteiger partial charge on any atom is 0.238 e. The number of thioether (sulfide) groups is 1. The van der Waals surface area contributed by atoms with Crippen LogP contribution in [-0.4, -0.2) is 34.0 Å². The van der Waals surface area contributed by atoms with E-state index in [9.17, 15) is 14.7 Å². The number of hydrogen-bond acceptors (Lipinski definition) is 5. The molecule has 27 heavy (non-hydrogen) atoms. The van der Waals surface area contributed by atoms with Crippen molar-refractivity contribution in [1.82, 2.24) is 9.78 Å². The Kier molecular flexibility index (Phi) is 5.08. The molecular formula is C20H24N3O3S-. The number of rotatable bonds is 3. The number of benzene rings is 1. The fourth-order valence-corrected chi connectivity index (χ4v) is 4.66. The molecule has 2 aromatic rings. The molecule has 0 N–H and O–H groups in total. The molecule has 1 amide bonds. The molecule has 6 nitrogen and oxygen atoms in total. The SMILES string of the molecule is Cc1cccc([C@@H]2SCC(=O)N(CC(=O)[O-])c3c2c(C(C)(C)C)nn3C)c1. The van der Waals surface area contributed by atoms with Gasteiger partial charge in [-0.1, -0.05) is 50.6 Å². The van der Waals surface area contributed by atoms with Crippen molar-refractivity contribution in [2.24, 2.45) is 7.05 Å². The molecule has 0 radical (unpaired) electrons. The van der Waals surface area contributed by atoms with Crippen molar-refractivity contribution in [3.63, 3.8) is 0 Å². The lowest BCUT2D eigenvalue weighted by Gasteiger charge is -2.24. The van der Waals surface area contributed by atoms with E-state index < -0.39 is 12.5 Å². The van der Waals surface area contributed by atoms with Gasteiger partial charge in [0.05, 0.1) is 29.2 Å². The molecule has 1 aliphatic heterocycles. The first-order valence-corrected chi connectivity index (χ1v) is 9.90. The minimum atomic E-state index is -1.29. The number of aromatic nitrogens is 2. The fraction of sp³-hybridized carbons (Fsp3) is 0.450. The summed E-state index contributed by atoms with van der Waals surface area (Å²) in [5.41, 5.74) is 3.75. The number of carbonyl (C=O) groups is 2. The van der Waals surface area contributed by atoms with E-state index in [1.807, 2.05) is 25.1 Å². The van der Waals surface area contributed by atoms with Gasteiger partial charge in [-0.05, 0) is 12.5 Å². The molecule has 0 aliphatic carbocycles. The Hall–Kier alpha value is -2.28. The van der Waals surface area contributed by atoms with E-state index in [2.05, 4.69) is 26.8 Å². The average molecular weight is 386 g/mol. The number of fused-ring (bicyclic) bond motifs is 1. The molecule has 2 heterocycles. The van der Waals surface area contributed by atoms with Gasteiger partial charge in [-0.25, -0.2) is 0 Å². The van der Waals surface area contributed by atoms with E-state index in [1.165, 1.54) is 16.7 Å². The average Bonchev–Trinajstić information content (AvgIpc) is 2.83. The Balaban J connectivity index is 2.28. The van der Waals surface area contributed by atoms with Crippen LogP contribution in [-0.2, 0) is 22.1 Å². The smallest absolute Gasteiger partial charge is 0.238 e. The standard InChI is InChI=1S/C20H25N3O3S/c1-12-7-6-8-13(9-12)17-16-18(20(2,3)4)21-22(5)19(16)23(10-15(25)26)14(24)11-27-17/h6-9,17H,10-11H2,1-5H3,(H,25,26)/p-1/t17-/m0/s1. The molecule has 1 aromatic heterocycles. The number of carboxylic acid groups (broad SMARTS) is 1. The summed E-state index contributed by atoms with van der Waals surface area (Å²) in [6.07, 6.45) is 0. The van der Waals surface area contributed by atoms with Gasteiger partial charge >= 0.3 is 0 Å². The lowest BCUT2D eigenvalue weighted by atomic mass is 9.87. The summed E-state index contributed by atoms with van der Waals surface area (Å²) >= 11 is 1.51. The van der Waals surface area contributed by atoms with E-state index in [-0.39, 0.29) is 22.3 Å². The number of aliphatic carboxylic acids is 1. The van der Waals surface area contributed by atoms with Gasteiger partial charge in [-0.2, -0.15) is 5.10 Å². The van der Waals surface area contributed by atoms with Gasteiger partial charge in [0, 0.05) is 18.0 Å². The third-order valence-electron chi connectivity index (χ3n) is 4.59. The molecule has 144 valence electrons. The highest BCUT2D eigenvalue weighted by atomic mass is 32.2. The fourth-order valence-electron chi connectivity index (χ4n) is 3.47. The molecule has 0 fully saturated rings. The van der Waals surface area contributed by atoms with Crippen LogP contribution in [0, 0.1) is 6.92 Å². The summed E-state index contributed by atoms with van der Waals surface area (Å²) in [5.74, 6) is -0.786. The van der Waals surface area contributed by atoms with Crippen molar-refractivity contribution in [3.05, 3.63) is 46.6 Å². The van der Waals surface area contributed by atoms with E-state index in [0.717, 1.165) is 22.4 Å². The predicted molar refractivity (Wildman–Crippen MR) is 105 cm³/mol. The first-order valence-electron chi connectivity index (χ1n) is 8.85. The summed E-state index contributed by atoms with van der Waals surface area (Å²) in [5, 5.41) is 15.9. The number of amides is 1. The lowest BCUT2D eigenvalue weighted by Crippen LogP contribution is -2.43. The molecule has 0 saturated heterocycles. The number of anilines is 1. The Morgan fingerprint density at radius 2 is 2.07 bits per heavy atom. The Morgan fingerprint density at radius 3 is 2.67 bits per heavy atom. The molecule has 3 rings (SSSR count). The number of carbonyl (C=O) groups excluding carboxylic acids is 2. The van der Waals surface area contributed by atoms with Crippen LogP contribution in [0.1, 0.15) is 48.4 Å². The maximum atomic E-state index is 12.7. The highest BCUT2D eigenvalue weighted by Crippen LogP contribution is 2.47. The molecule has 7 heteroatoms. The van der Waals surface area contributed by atoms with Crippen molar-refractivity contribution in [2.75, 3.05) is 17.2 Å². The zero-order valence-corrected chi connectivity index (χ0v) is 17.1. The Morgan fingerprint density at radius 1 is 1.37 bits per heavy atom. The number of carboxylic acids is 1. The van der Waals surface area contributed by atoms with Crippen LogP contribution in [0.25, 0.3) is 0 Å². The van der Waals surface area contributed by atoms with Gasteiger partial charge in [0.1, 0.15) is 5.82 Å². The van der Waals surface area contributed by atoms with Gasteiger partial charge in [-0.15, -0.1) is 11.8 Å². The summed E-state index contributed by atoms with van der Waals surface area (Å²) in [4.78, 5) is 25.3. The molecule has 1 atom stereocenters. The number of hydrogen-bond donors (Lipinski definition) is 0. The molecule has 0 unspecified atom stereocenters. The first-order chi connectivity index (χ1) is 12.6. The van der Waals surface area contributed by atoms with E-state index in [0.29, 0.717) is 5.82 Å². The third-order valence-corrected chi connectivity index (χ3v) is 5.84. The van der Waals surface area contributed by atoms with E-state index in [1.54, 1.807) is 11.7 Å². The third kappa shape index (κ3) is 3.74. The van der Waals surface area contributed by atoms with Crippen molar-refractivity contribution in [3.8, 4) is 0 Å². The first kappa shape index (κ1) is 19.5. The monoisotopic (exact) mass is 386 g/mol. The van der Waals surface area contributed by atoms with Crippen molar-refractivity contribution < 1.29 is 14.7 Å². The minimum absolute atomic E-state index is 0.0986. The number of nitrogens with zero attached hydrogens (tertiary/aromatic N) is 3. The second-order valence-corrected chi connectivity index (χ2v) is 9.01. The largest absolute Gasteiger partial charge is 0.548 e. The quantitative estimate of drug-likeness (QED) is 0.806. The molecule has 1 aromatic carbocycles. The zero-order valence-electron chi connectivity index (χ0n) is 16.3. The van der Waals surface area contributed by atoms with Crippen LogP contribution in [0.4, 0.5) is 5.82 Å². The molecular weight excluding hydrogens is 362 g/mol. The van der Waals surface area contributed by atoms with Crippen LogP contribution in [0.2, 0.25) is 0 Å². The Labute approximate surface area is 163 Å². The van der Waals surface area contributed by atoms with Crippen LogP contribution < -0.4 is 10.0 Å². The lowest BCUT2D eigenvalue weighted by molar-refractivity contribution is -0.303. The molecule has 0 saturated carbocycles. The van der Waals surface area contributed by atoms with Crippen LogP contribution >= 0.6 is 11.8 Å². The Bertz CT molecular complexity index is 898. The van der Waals surface area contributed by atoms with Gasteiger partial charge in [0.2, 0.25) is 5.91 Å². The van der Waals surface area contributed by atoms with Crippen molar-refractivity contribution in [2.45, 2.75) is 38.4 Å². The molecule has 0 spiro atoms. The molecule has 1 aliphatic rings. The van der Waals surface area contributed by atoms with Crippen LogP contribution in [0.5, 0.6) is 0 Å². The normalized spacial score (nSPS) is 17.6. The topological polar surface area (TPSA) is 78.3 Å². The summed E-state index contributed by atoms with van der Waals surface area (Å²) < 4.78 is 1.63. The van der Waals surface area contributed by atoms with Crippen molar-refractivity contribution in [1.29, 1.82) is 0 Å². The summed E-state index contributed by atoms with van der Waals surface area (Å²) in [7, 11) is 1.76. The molecule has 0 bridgehead atoms. The number of aryl methyl sites for hydroxylation is 2. The maximum absolute atomic E-state index is 12.7. The van der Waals surface area contributed by atoms with Crippen molar-refractivity contribution >= 4 is 29.5 Å². The predicted octanol–water partition coefficient (Wildman–Crippen LogP) is 1.95. The van der Waals surface area contributed by atoms with Gasteiger partial charge < -0.3 is 9.90 Å². The van der Waals surface area contributed by atoms with Gasteiger partial charge in [-0.3, -0.25) is 14.4 Å². The highest BCUT2D eigenvalue weighted by molar-refractivity contribution is 8.00. The zero-order chi connectivity index (χ0) is 19.9. The van der Waals surface area contributed by atoms with E-state index >= 15 is 0 Å². The van der Waals surface area contributed by atoms with Crippen LogP contribution in [0.3, 0.4) is 0 Å². The summed E-state index contributed by atoms with van der Waals surface area (Å²) in [6.45, 7) is 7.78. The minimum Gasteiger partial charge on any atom is -0.548 e. The van der Waals surface area contributed by atoms with Crippen LogP contribution in [0.15, 0.2) is 24.3 Å². The second-order valence-electron chi connectivity index (χ2n) is 7.92. The van der Waals surface area contributed by atoms with Gasteiger partial charge in [0.25, 0.3) is 0 Å². The highest BCUT2D eigenvalue weighted by Gasteiger charge is 2.38. The van der Waals surface area contributed by atoms with Gasteiger partial charge in [0.15, 0.2) is 0 Å². The summed E-state index contributed by atoms with van der Waals surface area (Å²) in [6, 6.07) is 8.20. The second kappa shape index (κ2) is 7.03. The van der Waals surface area contributed by atoms with E-state index in [4.69, 9.17) is 5.10 Å².